The maximum absolute atomic E-state index is 12.9. The van der Waals surface area contributed by atoms with E-state index in [0.717, 1.165) is 31.0 Å². The van der Waals surface area contributed by atoms with Gasteiger partial charge in [0.25, 0.3) is 0 Å². The van der Waals surface area contributed by atoms with Gasteiger partial charge in [0.05, 0.1) is 18.1 Å². The van der Waals surface area contributed by atoms with E-state index in [0.29, 0.717) is 38.8 Å². The average Bonchev–Trinajstić information content (AvgIpc) is 3.16. The Morgan fingerprint density at radius 3 is 2.69 bits per heavy atom. The van der Waals surface area contributed by atoms with E-state index in [4.69, 9.17) is 5.73 Å². The van der Waals surface area contributed by atoms with Gasteiger partial charge in [0.2, 0.25) is 5.91 Å². The van der Waals surface area contributed by atoms with Gasteiger partial charge in [-0.15, -0.1) is 0 Å². The molecule has 1 aromatic rings. The second-order valence-electron chi connectivity index (χ2n) is 6.79. The molecule has 1 aliphatic heterocycles. The molecule has 0 aromatic heterocycles. The Balaban J connectivity index is 1.98. The van der Waals surface area contributed by atoms with Gasteiger partial charge in [-0.3, -0.25) is 10.1 Å². The molecule has 1 heterocycles. The second kappa shape index (κ2) is 10.8. The Morgan fingerprint density at radius 1 is 1.27 bits per heavy atom. The molecule has 0 spiro atoms. The summed E-state index contributed by atoms with van der Waals surface area (Å²) >= 11 is 0. The number of nitrogens with two attached hydrogens (primary N) is 1. The van der Waals surface area contributed by atoms with Crippen LogP contribution in [0.4, 0.5) is 0 Å². The fourth-order valence-corrected chi connectivity index (χ4v) is 3.42. The third kappa shape index (κ3) is 5.75. The van der Waals surface area contributed by atoms with E-state index in [1.807, 2.05) is 30.3 Å². The van der Waals surface area contributed by atoms with Gasteiger partial charge in [0.1, 0.15) is 12.6 Å². The maximum Gasteiger partial charge on any atom is 0.240 e. The third-order valence-corrected chi connectivity index (χ3v) is 4.90. The van der Waals surface area contributed by atoms with Crippen LogP contribution in [0.2, 0.25) is 0 Å². The number of benzene rings is 1. The number of hydrogen-bond donors (Lipinski definition) is 2. The van der Waals surface area contributed by atoms with Crippen LogP contribution in [0.15, 0.2) is 30.3 Å². The molecule has 1 aromatic carbocycles. The minimum Gasteiger partial charge on any atom is -0.332 e. The predicted molar refractivity (Wildman–Crippen MR) is 101 cm³/mol. The van der Waals surface area contributed by atoms with Crippen LogP contribution >= 0.6 is 0 Å². The molecule has 142 valence electrons. The zero-order valence-corrected chi connectivity index (χ0v) is 15.2. The van der Waals surface area contributed by atoms with E-state index < -0.39 is 12.1 Å². The van der Waals surface area contributed by atoms with Crippen molar-refractivity contribution >= 4 is 18.5 Å². The zero-order valence-electron chi connectivity index (χ0n) is 15.2. The molecule has 3 N–H and O–H groups in total. The first-order valence-electron chi connectivity index (χ1n) is 9.40. The van der Waals surface area contributed by atoms with Crippen LogP contribution in [0.3, 0.4) is 0 Å². The molecule has 2 rings (SSSR count). The first kappa shape index (κ1) is 20.3. The van der Waals surface area contributed by atoms with Crippen molar-refractivity contribution in [2.24, 2.45) is 5.73 Å². The number of nitrogens with zero attached hydrogens (tertiary/aromatic N) is 1. The van der Waals surface area contributed by atoms with Gasteiger partial charge in [-0.2, -0.15) is 0 Å². The van der Waals surface area contributed by atoms with Gasteiger partial charge in [0, 0.05) is 6.54 Å². The lowest BCUT2D eigenvalue weighted by atomic mass is 10.0. The largest absolute Gasteiger partial charge is 0.332 e. The highest BCUT2D eigenvalue weighted by Gasteiger charge is 2.33. The van der Waals surface area contributed by atoms with E-state index in [1.54, 1.807) is 4.90 Å². The third-order valence-electron chi connectivity index (χ3n) is 4.90. The van der Waals surface area contributed by atoms with Crippen LogP contribution in [-0.2, 0) is 20.8 Å². The lowest BCUT2D eigenvalue weighted by Gasteiger charge is -2.28. The van der Waals surface area contributed by atoms with E-state index in [9.17, 15) is 14.4 Å². The van der Waals surface area contributed by atoms with Crippen molar-refractivity contribution in [3.8, 4) is 0 Å². The van der Waals surface area contributed by atoms with Crippen molar-refractivity contribution in [1.29, 1.82) is 0 Å². The molecule has 26 heavy (non-hydrogen) atoms. The molecule has 3 atom stereocenters. The highest BCUT2D eigenvalue weighted by Crippen LogP contribution is 2.18. The highest BCUT2D eigenvalue weighted by molar-refractivity contribution is 5.85. The molecule has 0 saturated carbocycles. The second-order valence-corrected chi connectivity index (χ2v) is 6.79. The molecule has 0 radical (unpaired) electrons. The normalized spacial score (nSPS) is 19.1. The van der Waals surface area contributed by atoms with Crippen molar-refractivity contribution in [3.05, 3.63) is 35.9 Å². The fraction of sp³-hybridized carbons (Fsp3) is 0.550. The van der Waals surface area contributed by atoms with E-state index in [-0.39, 0.29) is 11.9 Å². The SMILES string of the molecule is NCCCC(N[C@H](C=O)CCc1ccccc1)C(=O)N1CCC[C@H]1C=O. The number of likely N-dealkylation sites (tertiary alicyclic amines) is 1. The number of amides is 1. The molecule has 6 heteroatoms. The lowest BCUT2D eigenvalue weighted by Crippen LogP contribution is -2.52. The van der Waals surface area contributed by atoms with Gasteiger partial charge in [0.15, 0.2) is 0 Å². The first-order valence-corrected chi connectivity index (χ1v) is 9.40. The number of rotatable bonds is 11. The smallest absolute Gasteiger partial charge is 0.240 e. The standard InChI is InChI=1S/C20H29N3O3/c21-12-4-9-19(20(26)23-13-5-8-18(23)15-25)22-17(14-24)11-10-16-6-2-1-3-7-16/h1-3,6-7,14-15,17-19,22H,4-5,8-13,21H2/t17-,18-,19?/m0/s1. The molecular formula is C20H29N3O3. The zero-order chi connectivity index (χ0) is 18.8. The quantitative estimate of drug-likeness (QED) is 0.577. The summed E-state index contributed by atoms with van der Waals surface area (Å²) in [5, 5.41) is 3.20. The Bertz CT molecular complexity index is 579. The Labute approximate surface area is 155 Å². The van der Waals surface area contributed by atoms with Crippen molar-refractivity contribution < 1.29 is 14.4 Å². The molecule has 1 fully saturated rings. The molecular weight excluding hydrogens is 330 g/mol. The van der Waals surface area contributed by atoms with Gasteiger partial charge >= 0.3 is 0 Å². The Hall–Kier alpha value is -2.05. The monoisotopic (exact) mass is 359 g/mol. The van der Waals surface area contributed by atoms with Gasteiger partial charge in [-0.1, -0.05) is 30.3 Å². The summed E-state index contributed by atoms with van der Waals surface area (Å²) in [7, 11) is 0. The minimum absolute atomic E-state index is 0.0976. The summed E-state index contributed by atoms with van der Waals surface area (Å²) in [5.41, 5.74) is 6.76. The van der Waals surface area contributed by atoms with Crippen molar-refractivity contribution in [3.63, 3.8) is 0 Å². The summed E-state index contributed by atoms with van der Waals surface area (Å²) < 4.78 is 0. The van der Waals surface area contributed by atoms with E-state index in [2.05, 4.69) is 5.32 Å². The lowest BCUT2D eigenvalue weighted by molar-refractivity contribution is -0.137. The van der Waals surface area contributed by atoms with Crippen LogP contribution in [-0.4, -0.2) is 54.6 Å². The number of carbonyl (C=O) groups excluding carboxylic acids is 3. The van der Waals surface area contributed by atoms with Gasteiger partial charge < -0.3 is 20.2 Å². The van der Waals surface area contributed by atoms with Crippen molar-refractivity contribution in [1.82, 2.24) is 10.2 Å². The fourth-order valence-electron chi connectivity index (χ4n) is 3.42. The van der Waals surface area contributed by atoms with Crippen LogP contribution < -0.4 is 11.1 Å². The molecule has 0 bridgehead atoms. The van der Waals surface area contributed by atoms with Gasteiger partial charge in [-0.25, -0.2) is 0 Å². The van der Waals surface area contributed by atoms with Crippen LogP contribution in [0.1, 0.15) is 37.7 Å². The number of carbonyl (C=O) groups is 3. The summed E-state index contributed by atoms with van der Waals surface area (Å²) in [5.74, 6) is -0.0976. The summed E-state index contributed by atoms with van der Waals surface area (Å²) in [4.78, 5) is 37.3. The Kier molecular flexibility index (Phi) is 8.44. The molecule has 1 aliphatic rings. The number of aldehydes is 2. The van der Waals surface area contributed by atoms with Crippen LogP contribution in [0.5, 0.6) is 0 Å². The summed E-state index contributed by atoms with van der Waals surface area (Å²) in [6.07, 6.45) is 5.89. The Morgan fingerprint density at radius 2 is 2.04 bits per heavy atom. The van der Waals surface area contributed by atoms with Crippen LogP contribution in [0.25, 0.3) is 0 Å². The number of hydrogen-bond acceptors (Lipinski definition) is 5. The molecule has 6 nitrogen and oxygen atoms in total. The first-order chi connectivity index (χ1) is 12.7. The summed E-state index contributed by atoms with van der Waals surface area (Å²) in [6.45, 7) is 1.08. The number of aryl methyl sites for hydroxylation is 1. The number of nitrogens with one attached hydrogen (secondary N) is 1. The maximum atomic E-state index is 12.9. The minimum atomic E-state index is -0.481. The van der Waals surface area contributed by atoms with Crippen molar-refractivity contribution in [2.45, 2.75) is 56.7 Å². The van der Waals surface area contributed by atoms with E-state index in [1.165, 1.54) is 0 Å². The highest BCUT2D eigenvalue weighted by atomic mass is 16.2. The van der Waals surface area contributed by atoms with Crippen LogP contribution in [0, 0.1) is 0 Å². The molecule has 1 unspecified atom stereocenters. The molecule has 0 aliphatic carbocycles. The van der Waals surface area contributed by atoms with E-state index >= 15 is 0 Å². The van der Waals surface area contributed by atoms with Crippen molar-refractivity contribution in [2.75, 3.05) is 13.1 Å². The topological polar surface area (TPSA) is 92.5 Å². The predicted octanol–water partition coefficient (Wildman–Crippen LogP) is 1.07. The van der Waals surface area contributed by atoms with Gasteiger partial charge in [-0.05, 0) is 50.6 Å². The molecule has 1 amide bonds. The molecule has 1 saturated heterocycles. The summed E-state index contributed by atoms with van der Waals surface area (Å²) in [6, 6.07) is 8.72. The average molecular weight is 359 g/mol.